The number of nitro groups is 1. The van der Waals surface area contributed by atoms with Gasteiger partial charge in [-0.3, -0.25) is 10.1 Å². The minimum absolute atomic E-state index is 0.275. The van der Waals surface area contributed by atoms with Crippen molar-refractivity contribution in [2.24, 2.45) is 0 Å². The molecule has 0 atom stereocenters. The van der Waals surface area contributed by atoms with Gasteiger partial charge in [-0.25, -0.2) is 8.78 Å². The van der Waals surface area contributed by atoms with Gasteiger partial charge in [-0.2, -0.15) is 0 Å². The van der Waals surface area contributed by atoms with E-state index in [-0.39, 0.29) is 16.9 Å². The molecule has 1 N–H and O–H groups in total. The van der Waals surface area contributed by atoms with Crippen LogP contribution in [0.5, 0.6) is 0 Å². The Kier molecular flexibility index (Phi) is 5.44. The molecule has 1 aromatic carbocycles. The number of alkyl halides is 2. The van der Waals surface area contributed by atoms with Crippen LogP contribution >= 0.6 is 0 Å². The lowest BCUT2D eigenvalue weighted by Crippen LogP contribution is -2.22. The highest BCUT2D eigenvalue weighted by Gasteiger charge is 2.18. The van der Waals surface area contributed by atoms with E-state index in [4.69, 9.17) is 0 Å². The number of nitrogens with one attached hydrogen (secondary N) is 1. The van der Waals surface area contributed by atoms with E-state index >= 15 is 0 Å². The second kappa shape index (κ2) is 7.31. The van der Waals surface area contributed by atoms with Gasteiger partial charge in [-0.15, -0.1) is 0 Å². The smallest absolute Gasteiger partial charge is 0.270 e. The van der Waals surface area contributed by atoms with E-state index in [1.54, 1.807) is 0 Å². The summed E-state index contributed by atoms with van der Waals surface area (Å²) in [5, 5.41) is 13.6. The molecule has 1 aliphatic rings. The van der Waals surface area contributed by atoms with Gasteiger partial charge in [0.2, 0.25) is 0 Å². The molecule has 0 spiro atoms. The summed E-state index contributed by atoms with van der Waals surface area (Å²) in [4.78, 5) is 12.3. The number of hydrogen-bond acceptors (Lipinski definition) is 4. The molecule has 1 heterocycles. The van der Waals surface area contributed by atoms with Crippen LogP contribution in [-0.2, 0) is 0 Å². The van der Waals surface area contributed by atoms with E-state index in [0.717, 1.165) is 32.1 Å². The van der Waals surface area contributed by atoms with Crippen molar-refractivity contribution in [3.63, 3.8) is 0 Å². The van der Waals surface area contributed by atoms with E-state index < -0.39 is 11.3 Å². The average molecular weight is 299 g/mol. The second-order valence-corrected chi connectivity index (χ2v) is 5.16. The highest BCUT2D eigenvalue weighted by molar-refractivity contribution is 5.56. The highest BCUT2D eigenvalue weighted by atomic mass is 19.3. The molecule has 1 aliphatic heterocycles. The molecule has 0 aromatic heterocycles. The van der Waals surface area contributed by atoms with Crippen LogP contribution in [0.3, 0.4) is 0 Å². The maximum Gasteiger partial charge on any atom is 0.270 e. The van der Waals surface area contributed by atoms with Crippen molar-refractivity contribution in [2.45, 2.75) is 25.7 Å². The number of nitrogens with zero attached hydrogens (tertiary/aromatic N) is 2. The van der Waals surface area contributed by atoms with Crippen molar-refractivity contribution in [1.29, 1.82) is 0 Å². The van der Waals surface area contributed by atoms with Gasteiger partial charge < -0.3 is 10.2 Å². The standard InChI is InChI=1S/C14H19F2N3O2/c15-14(16)12-10-11(19(20)21)4-5-13(12)17-6-3-9-18-7-1-2-8-18/h4-5,10,14,17H,1-3,6-9H2. The third kappa shape index (κ3) is 4.35. The van der Waals surface area contributed by atoms with Gasteiger partial charge in [0.15, 0.2) is 0 Å². The summed E-state index contributed by atoms with van der Waals surface area (Å²) in [5.74, 6) is 0. The SMILES string of the molecule is O=[N+]([O-])c1ccc(NCCCN2CCCC2)c(C(F)F)c1. The van der Waals surface area contributed by atoms with Gasteiger partial charge in [0.05, 0.1) is 4.92 Å². The molecule has 7 heteroatoms. The zero-order chi connectivity index (χ0) is 15.2. The Labute approximate surface area is 122 Å². The molecule has 0 unspecified atom stereocenters. The van der Waals surface area contributed by atoms with E-state index in [1.165, 1.54) is 25.0 Å². The number of halogens is 2. The molecule has 5 nitrogen and oxygen atoms in total. The monoisotopic (exact) mass is 299 g/mol. The van der Waals surface area contributed by atoms with E-state index in [9.17, 15) is 18.9 Å². The quantitative estimate of drug-likeness (QED) is 0.476. The molecule has 1 saturated heterocycles. The van der Waals surface area contributed by atoms with Crippen molar-refractivity contribution in [2.75, 3.05) is 31.5 Å². The lowest BCUT2D eigenvalue weighted by Gasteiger charge is -2.15. The van der Waals surface area contributed by atoms with Crippen LogP contribution in [0.15, 0.2) is 18.2 Å². The van der Waals surface area contributed by atoms with Gasteiger partial charge in [0.25, 0.3) is 12.1 Å². The first kappa shape index (κ1) is 15.6. The molecule has 116 valence electrons. The van der Waals surface area contributed by atoms with E-state index in [0.29, 0.717) is 6.54 Å². The maximum atomic E-state index is 13.0. The predicted octanol–water partition coefficient (Wildman–Crippen LogP) is 3.43. The van der Waals surface area contributed by atoms with Crippen LogP contribution in [-0.4, -0.2) is 36.0 Å². The Morgan fingerprint density at radius 1 is 1.33 bits per heavy atom. The first-order valence-corrected chi connectivity index (χ1v) is 7.10. The lowest BCUT2D eigenvalue weighted by atomic mass is 10.1. The van der Waals surface area contributed by atoms with Gasteiger partial charge >= 0.3 is 0 Å². The Morgan fingerprint density at radius 2 is 2.05 bits per heavy atom. The van der Waals surface area contributed by atoms with Crippen molar-refractivity contribution in [1.82, 2.24) is 4.90 Å². The van der Waals surface area contributed by atoms with Gasteiger partial charge in [-0.05, 0) is 45.0 Å². The van der Waals surface area contributed by atoms with Gasteiger partial charge in [0.1, 0.15) is 0 Å². The fourth-order valence-corrected chi connectivity index (χ4v) is 2.54. The van der Waals surface area contributed by atoms with Crippen LogP contribution in [0.2, 0.25) is 0 Å². The largest absolute Gasteiger partial charge is 0.385 e. The maximum absolute atomic E-state index is 13.0. The number of benzene rings is 1. The van der Waals surface area contributed by atoms with Crippen molar-refractivity contribution < 1.29 is 13.7 Å². The number of anilines is 1. The number of hydrogen-bond donors (Lipinski definition) is 1. The first-order chi connectivity index (χ1) is 10.1. The summed E-state index contributed by atoms with van der Waals surface area (Å²) >= 11 is 0. The Morgan fingerprint density at radius 3 is 2.67 bits per heavy atom. The Hall–Kier alpha value is -1.76. The van der Waals surface area contributed by atoms with Crippen LogP contribution in [0, 0.1) is 10.1 Å². The second-order valence-electron chi connectivity index (χ2n) is 5.16. The minimum atomic E-state index is -2.73. The topological polar surface area (TPSA) is 58.4 Å². The number of likely N-dealkylation sites (tertiary alicyclic amines) is 1. The predicted molar refractivity (Wildman–Crippen MR) is 76.8 cm³/mol. The zero-order valence-electron chi connectivity index (χ0n) is 11.7. The molecule has 0 saturated carbocycles. The fraction of sp³-hybridized carbons (Fsp3) is 0.571. The van der Waals surface area contributed by atoms with Gasteiger partial charge in [-0.1, -0.05) is 0 Å². The van der Waals surface area contributed by atoms with Crippen molar-refractivity contribution in [3.8, 4) is 0 Å². The van der Waals surface area contributed by atoms with Crippen LogP contribution in [0.25, 0.3) is 0 Å². The summed E-state index contributed by atoms with van der Waals surface area (Å²) in [7, 11) is 0. The number of rotatable bonds is 7. The Bertz CT molecular complexity index is 491. The minimum Gasteiger partial charge on any atom is -0.385 e. The molecule has 21 heavy (non-hydrogen) atoms. The molecule has 1 aromatic rings. The molecule has 0 aliphatic carbocycles. The summed E-state index contributed by atoms with van der Waals surface area (Å²) in [6, 6.07) is 3.54. The molecular weight excluding hydrogens is 280 g/mol. The third-order valence-electron chi connectivity index (χ3n) is 3.65. The van der Waals surface area contributed by atoms with Crippen LogP contribution in [0.4, 0.5) is 20.2 Å². The number of non-ortho nitro benzene ring substituents is 1. The van der Waals surface area contributed by atoms with Gasteiger partial charge in [0, 0.05) is 29.9 Å². The molecule has 0 radical (unpaired) electrons. The van der Waals surface area contributed by atoms with Crippen LogP contribution in [0.1, 0.15) is 31.3 Å². The molecular formula is C14H19F2N3O2. The van der Waals surface area contributed by atoms with E-state index in [1.807, 2.05) is 0 Å². The fourth-order valence-electron chi connectivity index (χ4n) is 2.54. The lowest BCUT2D eigenvalue weighted by molar-refractivity contribution is -0.385. The molecule has 0 amide bonds. The normalized spacial score (nSPS) is 15.6. The van der Waals surface area contributed by atoms with Crippen molar-refractivity contribution >= 4 is 11.4 Å². The molecule has 1 fully saturated rings. The third-order valence-corrected chi connectivity index (χ3v) is 3.65. The average Bonchev–Trinajstić information content (AvgIpc) is 2.96. The summed E-state index contributed by atoms with van der Waals surface area (Å²) in [6.45, 7) is 3.75. The highest BCUT2D eigenvalue weighted by Crippen LogP contribution is 2.30. The van der Waals surface area contributed by atoms with E-state index in [2.05, 4.69) is 10.2 Å². The first-order valence-electron chi connectivity index (χ1n) is 7.10. The zero-order valence-corrected chi connectivity index (χ0v) is 11.7. The molecule has 0 bridgehead atoms. The summed E-state index contributed by atoms with van der Waals surface area (Å²) in [6.07, 6.45) is 0.585. The summed E-state index contributed by atoms with van der Waals surface area (Å²) < 4.78 is 25.9. The van der Waals surface area contributed by atoms with Crippen molar-refractivity contribution in [3.05, 3.63) is 33.9 Å². The number of nitro benzene ring substituents is 1. The summed E-state index contributed by atoms with van der Waals surface area (Å²) in [5.41, 5.74) is -0.352. The Balaban J connectivity index is 1.90. The van der Waals surface area contributed by atoms with Crippen LogP contribution < -0.4 is 5.32 Å². The molecule has 2 rings (SSSR count).